The van der Waals surface area contributed by atoms with Crippen molar-refractivity contribution in [3.05, 3.63) is 5.28 Å². The summed E-state index contributed by atoms with van der Waals surface area (Å²) >= 11 is 7.88. The Morgan fingerprint density at radius 3 is 2.47 bits per heavy atom. The third-order valence-electron chi connectivity index (χ3n) is 2.52. The zero-order valence-corrected chi connectivity index (χ0v) is 11.7. The monoisotopic (exact) mass is 273 g/mol. The van der Waals surface area contributed by atoms with Gasteiger partial charge in [0.2, 0.25) is 17.2 Å². The van der Waals surface area contributed by atoms with Crippen molar-refractivity contribution in [2.45, 2.75) is 24.3 Å². The molecule has 1 saturated heterocycles. The van der Waals surface area contributed by atoms with Crippen molar-refractivity contribution in [3.8, 4) is 0 Å². The maximum atomic E-state index is 5.89. The Kier molecular flexibility index (Phi) is 3.93. The second-order valence-electron chi connectivity index (χ2n) is 4.14. The highest BCUT2D eigenvalue weighted by atomic mass is 35.5. The zero-order valence-electron chi connectivity index (χ0n) is 10.1. The van der Waals surface area contributed by atoms with E-state index in [1.807, 2.05) is 11.8 Å². The molecule has 0 aliphatic carbocycles. The quantitative estimate of drug-likeness (QED) is 0.888. The minimum Gasteiger partial charge on any atom is -0.357 e. The van der Waals surface area contributed by atoms with Gasteiger partial charge in [0, 0.05) is 30.6 Å². The molecule has 1 aliphatic rings. The number of rotatable bonds is 2. The van der Waals surface area contributed by atoms with E-state index >= 15 is 0 Å². The van der Waals surface area contributed by atoms with Gasteiger partial charge in [-0.2, -0.15) is 26.7 Å². The van der Waals surface area contributed by atoms with Crippen molar-refractivity contribution in [1.29, 1.82) is 0 Å². The molecule has 0 amide bonds. The molecule has 2 atom stereocenters. The summed E-state index contributed by atoms with van der Waals surface area (Å²) in [7, 11) is 1.77. The second kappa shape index (κ2) is 5.27. The van der Waals surface area contributed by atoms with Crippen LogP contribution in [0, 0.1) is 0 Å². The van der Waals surface area contributed by atoms with Crippen molar-refractivity contribution in [2.24, 2.45) is 0 Å². The molecular formula is C10H16ClN5S. The third kappa shape index (κ3) is 3.13. The Hall–Kier alpha value is -0.750. The summed E-state index contributed by atoms with van der Waals surface area (Å²) in [5.74, 6) is 1.17. The SMILES string of the molecule is CNc1nc(Cl)nc(N2CC(C)SC(C)C2)n1. The number of hydrogen-bond donors (Lipinski definition) is 1. The lowest BCUT2D eigenvalue weighted by Crippen LogP contribution is -2.41. The first kappa shape index (κ1) is 12.7. The highest BCUT2D eigenvalue weighted by Crippen LogP contribution is 2.27. The van der Waals surface area contributed by atoms with Crippen LogP contribution in [0.15, 0.2) is 0 Å². The van der Waals surface area contributed by atoms with Gasteiger partial charge < -0.3 is 10.2 Å². The molecular weight excluding hydrogens is 258 g/mol. The fourth-order valence-electron chi connectivity index (χ4n) is 1.93. The van der Waals surface area contributed by atoms with Gasteiger partial charge in [0.15, 0.2) is 0 Å². The number of halogens is 1. The molecule has 0 bridgehead atoms. The topological polar surface area (TPSA) is 53.9 Å². The van der Waals surface area contributed by atoms with E-state index < -0.39 is 0 Å². The minimum absolute atomic E-state index is 0.234. The number of thioether (sulfide) groups is 1. The molecule has 5 nitrogen and oxygen atoms in total. The van der Waals surface area contributed by atoms with Gasteiger partial charge in [-0.1, -0.05) is 13.8 Å². The molecule has 1 aliphatic heterocycles. The predicted octanol–water partition coefficient (Wildman–Crippen LogP) is 1.90. The summed E-state index contributed by atoms with van der Waals surface area (Å²) in [5.41, 5.74) is 0. The molecule has 0 saturated carbocycles. The van der Waals surface area contributed by atoms with Crippen LogP contribution in [0.2, 0.25) is 5.28 Å². The van der Waals surface area contributed by atoms with Crippen LogP contribution < -0.4 is 10.2 Å². The Morgan fingerprint density at radius 1 is 1.24 bits per heavy atom. The number of nitrogens with one attached hydrogen (secondary N) is 1. The average Bonchev–Trinajstić information content (AvgIpc) is 2.26. The van der Waals surface area contributed by atoms with Crippen LogP contribution in [0.1, 0.15) is 13.8 Å². The fraction of sp³-hybridized carbons (Fsp3) is 0.700. The molecule has 1 aromatic rings. The van der Waals surface area contributed by atoms with Crippen molar-refractivity contribution in [2.75, 3.05) is 30.4 Å². The van der Waals surface area contributed by atoms with Gasteiger partial charge in [0.05, 0.1) is 0 Å². The predicted molar refractivity (Wildman–Crippen MR) is 73.1 cm³/mol. The van der Waals surface area contributed by atoms with Crippen LogP contribution in [0.5, 0.6) is 0 Å². The number of aromatic nitrogens is 3. The number of anilines is 2. The third-order valence-corrected chi connectivity index (χ3v) is 3.92. The molecule has 1 aromatic heterocycles. The van der Waals surface area contributed by atoms with Crippen LogP contribution in [-0.2, 0) is 0 Å². The molecule has 2 heterocycles. The van der Waals surface area contributed by atoms with Crippen molar-refractivity contribution < 1.29 is 0 Å². The Bertz CT molecular complexity index is 392. The maximum absolute atomic E-state index is 5.89. The zero-order chi connectivity index (χ0) is 12.4. The van der Waals surface area contributed by atoms with E-state index in [1.54, 1.807) is 7.05 Å². The molecule has 2 unspecified atom stereocenters. The number of nitrogens with zero attached hydrogens (tertiary/aromatic N) is 4. The summed E-state index contributed by atoms with van der Waals surface area (Å²) in [6.45, 7) is 6.32. The second-order valence-corrected chi connectivity index (χ2v) is 6.36. The highest BCUT2D eigenvalue weighted by molar-refractivity contribution is 8.00. The first-order valence-corrected chi connectivity index (χ1v) is 6.90. The van der Waals surface area contributed by atoms with Gasteiger partial charge in [0.1, 0.15) is 0 Å². The fourth-order valence-corrected chi connectivity index (χ4v) is 3.41. The largest absolute Gasteiger partial charge is 0.357 e. The normalized spacial score (nSPS) is 24.8. The van der Waals surface area contributed by atoms with E-state index in [2.05, 4.69) is 39.0 Å². The van der Waals surface area contributed by atoms with Crippen LogP contribution in [0.3, 0.4) is 0 Å². The van der Waals surface area contributed by atoms with Gasteiger partial charge in [-0.3, -0.25) is 0 Å². The van der Waals surface area contributed by atoms with Gasteiger partial charge in [-0.25, -0.2) is 0 Å². The molecule has 2 rings (SSSR count). The molecule has 0 spiro atoms. The Morgan fingerprint density at radius 2 is 1.88 bits per heavy atom. The molecule has 0 aromatic carbocycles. The summed E-state index contributed by atoms with van der Waals surface area (Å²) < 4.78 is 0. The Balaban J connectivity index is 2.23. The van der Waals surface area contributed by atoms with Crippen LogP contribution in [0.4, 0.5) is 11.9 Å². The molecule has 0 radical (unpaired) electrons. The van der Waals surface area contributed by atoms with Crippen LogP contribution in [0.25, 0.3) is 0 Å². The first-order valence-electron chi connectivity index (χ1n) is 5.58. The molecule has 1 fully saturated rings. The first-order chi connectivity index (χ1) is 8.08. The molecule has 7 heteroatoms. The summed E-state index contributed by atoms with van der Waals surface area (Å²) in [4.78, 5) is 14.7. The van der Waals surface area contributed by atoms with E-state index in [0.29, 0.717) is 22.4 Å². The minimum atomic E-state index is 0.234. The lowest BCUT2D eigenvalue weighted by atomic mass is 10.3. The van der Waals surface area contributed by atoms with Gasteiger partial charge in [-0.15, -0.1) is 0 Å². The van der Waals surface area contributed by atoms with E-state index in [-0.39, 0.29) is 5.28 Å². The molecule has 17 heavy (non-hydrogen) atoms. The van der Waals surface area contributed by atoms with Crippen molar-refractivity contribution in [3.63, 3.8) is 0 Å². The smallest absolute Gasteiger partial charge is 0.231 e. The van der Waals surface area contributed by atoms with E-state index in [4.69, 9.17) is 11.6 Å². The molecule has 1 N–H and O–H groups in total. The number of hydrogen-bond acceptors (Lipinski definition) is 6. The van der Waals surface area contributed by atoms with Crippen LogP contribution >= 0.6 is 23.4 Å². The van der Waals surface area contributed by atoms with Crippen molar-refractivity contribution >= 4 is 35.3 Å². The van der Waals surface area contributed by atoms with Gasteiger partial charge >= 0.3 is 0 Å². The highest BCUT2D eigenvalue weighted by Gasteiger charge is 2.24. The summed E-state index contributed by atoms with van der Waals surface area (Å²) in [6, 6.07) is 0. The summed E-state index contributed by atoms with van der Waals surface area (Å²) in [5, 5.41) is 4.28. The van der Waals surface area contributed by atoms with E-state index in [9.17, 15) is 0 Å². The standard InChI is InChI=1S/C10H16ClN5S/c1-6-4-16(5-7(2)17-6)10-14-8(11)13-9(12-3)15-10/h6-7H,4-5H2,1-3H3,(H,12,13,14,15). The summed E-state index contributed by atoms with van der Waals surface area (Å²) in [6.07, 6.45) is 0. The van der Waals surface area contributed by atoms with E-state index in [1.165, 1.54) is 0 Å². The molecule has 94 valence electrons. The van der Waals surface area contributed by atoms with Crippen molar-refractivity contribution in [1.82, 2.24) is 15.0 Å². The average molecular weight is 274 g/mol. The Labute approximate surface area is 110 Å². The van der Waals surface area contributed by atoms with Crippen LogP contribution in [-0.4, -0.2) is 45.6 Å². The van der Waals surface area contributed by atoms with E-state index in [0.717, 1.165) is 13.1 Å². The lowest BCUT2D eigenvalue weighted by molar-refractivity contribution is 0.704. The van der Waals surface area contributed by atoms with Gasteiger partial charge in [-0.05, 0) is 11.6 Å². The lowest BCUT2D eigenvalue weighted by Gasteiger charge is -2.34. The maximum Gasteiger partial charge on any atom is 0.231 e. The van der Waals surface area contributed by atoms with Gasteiger partial charge in [0.25, 0.3) is 0 Å².